The number of piperidine rings is 1. The number of carbonyl (C=O) groups excluding carboxylic acids is 1. The van der Waals surface area contributed by atoms with E-state index in [0.717, 1.165) is 12.8 Å². The zero-order valence-electron chi connectivity index (χ0n) is 8.98. The Bertz CT molecular complexity index is 367. The van der Waals surface area contributed by atoms with E-state index in [0.29, 0.717) is 23.8 Å². The van der Waals surface area contributed by atoms with Crippen molar-refractivity contribution in [3.8, 4) is 0 Å². The van der Waals surface area contributed by atoms with Gasteiger partial charge in [0, 0.05) is 23.5 Å². The predicted molar refractivity (Wildman–Crippen MR) is 62.5 cm³/mol. The predicted octanol–water partition coefficient (Wildman–Crippen LogP) is 1.16. The number of thiazole rings is 1. The molecule has 16 heavy (non-hydrogen) atoms. The van der Waals surface area contributed by atoms with Crippen LogP contribution >= 0.6 is 11.3 Å². The van der Waals surface area contributed by atoms with E-state index < -0.39 is 0 Å². The molecule has 1 aromatic heterocycles. The van der Waals surface area contributed by atoms with Crippen molar-refractivity contribution in [3.63, 3.8) is 0 Å². The van der Waals surface area contributed by atoms with Crippen LogP contribution in [0, 0.1) is 0 Å². The first-order chi connectivity index (χ1) is 7.81. The van der Waals surface area contributed by atoms with Gasteiger partial charge in [-0.3, -0.25) is 4.79 Å². The number of fused-ring (bicyclic) bond motifs is 2. The molecule has 2 atom stereocenters. The smallest absolute Gasteiger partial charge is 0.270 e. The lowest BCUT2D eigenvalue weighted by molar-refractivity contribution is 0.0919. The molecular formula is C11H15N3OS. The number of hydrogen-bond acceptors (Lipinski definition) is 4. The molecule has 1 amide bonds. The Morgan fingerprint density at radius 3 is 2.81 bits per heavy atom. The van der Waals surface area contributed by atoms with Crippen LogP contribution in [0.5, 0.6) is 0 Å². The molecule has 2 fully saturated rings. The summed E-state index contributed by atoms with van der Waals surface area (Å²) in [6, 6.07) is 1.55. The van der Waals surface area contributed by atoms with Crippen molar-refractivity contribution in [2.45, 2.75) is 43.8 Å². The summed E-state index contributed by atoms with van der Waals surface area (Å²) in [5.74, 6) is -0.0208. The van der Waals surface area contributed by atoms with Crippen molar-refractivity contribution >= 4 is 17.2 Å². The first-order valence-corrected chi connectivity index (χ1v) is 6.70. The summed E-state index contributed by atoms with van der Waals surface area (Å²) in [4.78, 5) is 15.8. The van der Waals surface area contributed by atoms with E-state index in [1.807, 2.05) is 0 Å². The lowest BCUT2D eigenvalue weighted by Gasteiger charge is -2.29. The van der Waals surface area contributed by atoms with Crippen molar-refractivity contribution in [2.24, 2.45) is 0 Å². The van der Waals surface area contributed by atoms with E-state index in [-0.39, 0.29) is 5.91 Å². The third-order valence-corrected chi connectivity index (χ3v) is 4.06. The Balaban J connectivity index is 1.61. The van der Waals surface area contributed by atoms with E-state index in [1.165, 1.54) is 24.2 Å². The van der Waals surface area contributed by atoms with Crippen molar-refractivity contribution in [3.05, 3.63) is 16.6 Å². The molecule has 1 aromatic rings. The van der Waals surface area contributed by atoms with Crippen molar-refractivity contribution < 1.29 is 4.79 Å². The van der Waals surface area contributed by atoms with Gasteiger partial charge in [0.2, 0.25) is 0 Å². The van der Waals surface area contributed by atoms with Gasteiger partial charge in [-0.1, -0.05) is 0 Å². The zero-order valence-corrected chi connectivity index (χ0v) is 9.80. The van der Waals surface area contributed by atoms with Crippen LogP contribution in [0.1, 0.15) is 36.2 Å². The molecular weight excluding hydrogens is 222 g/mol. The molecule has 2 bridgehead atoms. The van der Waals surface area contributed by atoms with Gasteiger partial charge in [-0.25, -0.2) is 4.98 Å². The van der Waals surface area contributed by atoms with Crippen LogP contribution in [0.15, 0.2) is 10.9 Å². The van der Waals surface area contributed by atoms with Gasteiger partial charge >= 0.3 is 0 Å². The van der Waals surface area contributed by atoms with Crippen LogP contribution in [0.3, 0.4) is 0 Å². The van der Waals surface area contributed by atoms with Crippen molar-refractivity contribution in [1.82, 2.24) is 15.6 Å². The summed E-state index contributed by atoms with van der Waals surface area (Å²) >= 11 is 1.46. The molecule has 2 aliphatic heterocycles. The second-order valence-electron chi connectivity index (χ2n) is 4.65. The molecule has 0 aliphatic carbocycles. The Kier molecular flexibility index (Phi) is 2.65. The van der Waals surface area contributed by atoms with Gasteiger partial charge < -0.3 is 10.6 Å². The van der Waals surface area contributed by atoms with Crippen LogP contribution in [0.2, 0.25) is 0 Å². The molecule has 0 aromatic carbocycles. The van der Waals surface area contributed by atoms with E-state index in [9.17, 15) is 4.79 Å². The van der Waals surface area contributed by atoms with Crippen LogP contribution in [0.4, 0.5) is 0 Å². The van der Waals surface area contributed by atoms with Gasteiger partial charge in [0.1, 0.15) is 5.69 Å². The summed E-state index contributed by atoms with van der Waals surface area (Å²) < 4.78 is 0. The Hall–Kier alpha value is -0.940. The maximum Gasteiger partial charge on any atom is 0.270 e. The fraction of sp³-hybridized carbons (Fsp3) is 0.636. The number of nitrogens with zero attached hydrogens (tertiary/aromatic N) is 1. The topological polar surface area (TPSA) is 54.0 Å². The minimum Gasteiger partial charge on any atom is -0.348 e. The fourth-order valence-electron chi connectivity index (χ4n) is 2.76. The Morgan fingerprint density at radius 1 is 1.44 bits per heavy atom. The van der Waals surface area contributed by atoms with Gasteiger partial charge in [0.15, 0.2) is 0 Å². The molecule has 2 saturated heterocycles. The lowest BCUT2D eigenvalue weighted by Crippen LogP contribution is -2.48. The summed E-state index contributed by atoms with van der Waals surface area (Å²) in [5.41, 5.74) is 2.25. The molecule has 2 N–H and O–H groups in total. The quantitative estimate of drug-likeness (QED) is 0.811. The third-order valence-electron chi connectivity index (χ3n) is 3.47. The van der Waals surface area contributed by atoms with Crippen LogP contribution in [-0.2, 0) is 0 Å². The highest BCUT2D eigenvalue weighted by molar-refractivity contribution is 7.07. The minimum atomic E-state index is -0.0208. The SMILES string of the molecule is O=C(NC1CC2CCC(C1)N2)c1cscn1. The molecule has 0 radical (unpaired) electrons. The average molecular weight is 237 g/mol. The summed E-state index contributed by atoms with van der Waals surface area (Å²) in [6.45, 7) is 0. The number of aromatic nitrogens is 1. The van der Waals surface area contributed by atoms with Gasteiger partial charge in [-0.05, 0) is 25.7 Å². The van der Waals surface area contributed by atoms with Gasteiger partial charge in [-0.2, -0.15) is 0 Å². The first-order valence-electron chi connectivity index (χ1n) is 5.76. The monoisotopic (exact) mass is 237 g/mol. The molecule has 3 rings (SSSR count). The molecule has 4 nitrogen and oxygen atoms in total. The first kappa shape index (κ1) is 10.2. The maximum absolute atomic E-state index is 11.8. The van der Waals surface area contributed by atoms with Crippen molar-refractivity contribution in [2.75, 3.05) is 0 Å². The van der Waals surface area contributed by atoms with E-state index in [1.54, 1.807) is 10.9 Å². The normalized spacial score (nSPS) is 32.6. The Morgan fingerprint density at radius 2 is 2.19 bits per heavy atom. The van der Waals surface area contributed by atoms with E-state index >= 15 is 0 Å². The van der Waals surface area contributed by atoms with Crippen LogP contribution in [0.25, 0.3) is 0 Å². The molecule has 5 heteroatoms. The number of rotatable bonds is 2. The fourth-order valence-corrected chi connectivity index (χ4v) is 3.29. The third kappa shape index (κ3) is 1.97. The molecule has 86 valence electrons. The number of nitrogens with one attached hydrogen (secondary N) is 2. The second-order valence-corrected chi connectivity index (χ2v) is 5.37. The summed E-state index contributed by atoms with van der Waals surface area (Å²) in [6.07, 6.45) is 4.64. The molecule has 2 unspecified atom stereocenters. The van der Waals surface area contributed by atoms with Crippen LogP contribution in [-0.4, -0.2) is 29.0 Å². The average Bonchev–Trinajstić information content (AvgIpc) is 2.88. The lowest BCUT2D eigenvalue weighted by atomic mass is 10.00. The minimum absolute atomic E-state index is 0.0208. The Labute approximate surface area is 98.5 Å². The van der Waals surface area contributed by atoms with Gasteiger partial charge in [0.25, 0.3) is 5.91 Å². The maximum atomic E-state index is 11.8. The molecule has 2 aliphatic rings. The zero-order chi connectivity index (χ0) is 11.0. The standard InChI is InChI=1S/C11H15N3OS/c15-11(10-5-16-6-12-10)14-9-3-7-1-2-8(4-9)13-7/h5-9,13H,1-4H2,(H,14,15). The van der Waals surface area contributed by atoms with Crippen molar-refractivity contribution in [1.29, 1.82) is 0 Å². The van der Waals surface area contributed by atoms with Crippen LogP contribution < -0.4 is 10.6 Å². The number of amides is 1. The highest BCUT2D eigenvalue weighted by Gasteiger charge is 2.34. The highest BCUT2D eigenvalue weighted by atomic mass is 32.1. The number of hydrogen-bond donors (Lipinski definition) is 2. The second kappa shape index (κ2) is 4.14. The van der Waals surface area contributed by atoms with E-state index in [2.05, 4.69) is 15.6 Å². The molecule has 3 heterocycles. The summed E-state index contributed by atoms with van der Waals surface area (Å²) in [5, 5.41) is 8.45. The van der Waals surface area contributed by atoms with E-state index in [4.69, 9.17) is 0 Å². The molecule has 0 spiro atoms. The number of carbonyl (C=O) groups is 1. The largest absolute Gasteiger partial charge is 0.348 e. The van der Waals surface area contributed by atoms with Gasteiger partial charge in [-0.15, -0.1) is 11.3 Å². The summed E-state index contributed by atoms with van der Waals surface area (Å²) in [7, 11) is 0. The highest BCUT2D eigenvalue weighted by Crippen LogP contribution is 2.26. The molecule has 0 saturated carbocycles. The van der Waals surface area contributed by atoms with Gasteiger partial charge in [0.05, 0.1) is 5.51 Å².